The number of phenolic OH excluding ortho intramolecular Hbond substituents is 1. The van der Waals surface area contributed by atoms with Crippen LogP contribution in [0.15, 0.2) is 18.2 Å². The third-order valence-electron chi connectivity index (χ3n) is 2.08. The average molecular weight is 237 g/mol. The maximum absolute atomic E-state index is 11.3. The van der Waals surface area contributed by atoms with Gasteiger partial charge in [0, 0.05) is 12.1 Å². The lowest BCUT2D eigenvalue weighted by Gasteiger charge is -2.10. The number of ether oxygens (including phenoxy) is 1. The van der Waals surface area contributed by atoms with Crippen molar-refractivity contribution < 1.29 is 14.6 Å². The van der Waals surface area contributed by atoms with E-state index in [-0.39, 0.29) is 17.7 Å². The van der Waals surface area contributed by atoms with Crippen molar-refractivity contribution in [2.45, 2.75) is 33.2 Å². The zero-order valence-electron chi connectivity index (χ0n) is 10.5. The third kappa shape index (κ3) is 5.24. The van der Waals surface area contributed by atoms with Gasteiger partial charge < -0.3 is 15.2 Å². The molecule has 0 unspecified atom stereocenters. The van der Waals surface area contributed by atoms with Crippen molar-refractivity contribution in [3.8, 4) is 11.5 Å². The summed E-state index contributed by atoms with van der Waals surface area (Å²) in [5.41, 5.74) is 0.923. The van der Waals surface area contributed by atoms with Gasteiger partial charge in [-0.3, -0.25) is 4.79 Å². The van der Waals surface area contributed by atoms with Crippen LogP contribution in [0, 0.1) is 6.92 Å². The summed E-state index contributed by atoms with van der Waals surface area (Å²) < 4.78 is 5.40. The number of aromatic hydroxyl groups is 1. The molecule has 0 aliphatic rings. The predicted molar refractivity (Wildman–Crippen MR) is 66.2 cm³/mol. The molecule has 0 saturated carbocycles. The van der Waals surface area contributed by atoms with Gasteiger partial charge in [-0.05, 0) is 38.5 Å². The number of hydrogen-bond donors (Lipinski definition) is 2. The Labute approximate surface area is 102 Å². The number of aryl methyl sites for hydroxylation is 1. The van der Waals surface area contributed by atoms with Gasteiger partial charge in [0.1, 0.15) is 11.5 Å². The maximum Gasteiger partial charge on any atom is 0.223 e. The van der Waals surface area contributed by atoms with Gasteiger partial charge in [0.05, 0.1) is 13.0 Å². The number of carbonyl (C=O) groups is 1. The highest BCUT2D eigenvalue weighted by Gasteiger charge is 2.04. The van der Waals surface area contributed by atoms with E-state index < -0.39 is 0 Å². The molecule has 0 aliphatic heterocycles. The fraction of sp³-hybridized carbons (Fsp3) is 0.462. The highest BCUT2D eigenvalue weighted by molar-refractivity contribution is 5.76. The molecule has 0 saturated heterocycles. The largest absolute Gasteiger partial charge is 0.508 e. The SMILES string of the molecule is Cc1cc(O)cc(OCCC(=O)NC(C)C)c1. The molecule has 0 spiro atoms. The number of rotatable bonds is 5. The van der Waals surface area contributed by atoms with Gasteiger partial charge in [0.2, 0.25) is 5.91 Å². The first-order valence-corrected chi connectivity index (χ1v) is 5.70. The van der Waals surface area contributed by atoms with Crippen LogP contribution >= 0.6 is 0 Å². The number of nitrogens with one attached hydrogen (secondary N) is 1. The lowest BCUT2D eigenvalue weighted by atomic mass is 10.2. The van der Waals surface area contributed by atoms with E-state index in [4.69, 9.17) is 4.74 Å². The zero-order valence-corrected chi connectivity index (χ0v) is 10.5. The van der Waals surface area contributed by atoms with Gasteiger partial charge in [-0.1, -0.05) is 0 Å². The number of phenols is 1. The maximum atomic E-state index is 11.3. The van der Waals surface area contributed by atoms with Gasteiger partial charge in [-0.25, -0.2) is 0 Å². The van der Waals surface area contributed by atoms with Gasteiger partial charge in [-0.2, -0.15) is 0 Å². The van der Waals surface area contributed by atoms with Crippen LogP contribution in [-0.2, 0) is 4.79 Å². The molecule has 0 bridgehead atoms. The summed E-state index contributed by atoms with van der Waals surface area (Å²) >= 11 is 0. The number of hydrogen-bond acceptors (Lipinski definition) is 3. The minimum absolute atomic E-state index is 0.0307. The minimum atomic E-state index is -0.0307. The van der Waals surface area contributed by atoms with E-state index in [1.807, 2.05) is 26.8 Å². The van der Waals surface area contributed by atoms with E-state index in [1.165, 1.54) is 6.07 Å². The van der Waals surface area contributed by atoms with Crippen LogP contribution < -0.4 is 10.1 Å². The Hall–Kier alpha value is -1.71. The highest BCUT2D eigenvalue weighted by atomic mass is 16.5. The van der Waals surface area contributed by atoms with Crippen molar-refractivity contribution in [2.75, 3.05) is 6.61 Å². The Morgan fingerprint density at radius 1 is 1.41 bits per heavy atom. The van der Waals surface area contributed by atoms with Crippen molar-refractivity contribution in [1.82, 2.24) is 5.32 Å². The van der Waals surface area contributed by atoms with Crippen LogP contribution in [0.25, 0.3) is 0 Å². The summed E-state index contributed by atoms with van der Waals surface area (Å²) in [6.07, 6.45) is 0.312. The molecule has 2 N–H and O–H groups in total. The summed E-state index contributed by atoms with van der Waals surface area (Å²) in [7, 11) is 0. The average Bonchev–Trinajstić information content (AvgIpc) is 2.14. The second kappa shape index (κ2) is 6.13. The fourth-order valence-corrected chi connectivity index (χ4v) is 1.47. The minimum Gasteiger partial charge on any atom is -0.508 e. The molecule has 0 aliphatic carbocycles. The number of amides is 1. The third-order valence-corrected chi connectivity index (χ3v) is 2.08. The van der Waals surface area contributed by atoms with Gasteiger partial charge in [0.25, 0.3) is 0 Å². The predicted octanol–water partition coefficient (Wildman–Crippen LogP) is 1.99. The first-order valence-electron chi connectivity index (χ1n) is 5.70. The topological polar surface area (TPSA) is 58.6 Å². The second-order valence-corrected chi connectivity index (χ2v) is 4.32. The Morgan fingerprint density at radius 2 is 2.12 bits per heavy atom. The van der Waals surface area contributed by atoms with E-state index in [9.17, 15) is 9.90 Å². The van der Waals surface area contributed by atoms with E-state index in [1.54, 1.807) is 6.07 Å². The molecule has 1 rings (SSSR count). The van der Waals surface area contributed by atoms with Crippen molar-refractivity contribution in [1.29, 1.82) is 0 Å². The summed E-state index contributed by atoms with van der Waals surface area (Å²) in [5, 5.41) is 12.1. The number of carbonyl (C=O) groups excluding carboxylic acids is 1. The van der Waals surface area contributed by atoms with E-state index in [0.717, 1.165) is 5.56 Å². The summed E-state index contributed by atoms with van der Waals surface area (Å²) in [5.74, 6) is 0.725. The molecule has 94 valence electrons. The Morgan fingerprint density at radius 3 is 2.71 bits per heavy atom. The Balaban J connectivity index is 2.38. The van der Waals surface area contributed by atoms with Crippen molar-refractivity contribution in [2.24, 2.45) is 0 Å². The molecule has 1 aromatic carbocycles. The van der Waals surface area contributed by atoms with Crippen molar-refractivity contribution in [3.05, 3.63) is 23.8 Å². The van der Waals surface area contributed by atoms with Gasteiger partial charge in [0.15, 0.2) is 0 Å². The van der Waals surface area contributed by atoms with Crippen LogP contribution in [-0.4, -0.2) is 23.7 Å². The first-order chi connectivity index (χ1) is 7.97. The van der Waals surface area contributed by atoms with Crippen LogP contribution in [0.5, 0.6) is 11.5 Å². The quantitative estimate of drug-likeness (QED) is 0.823. The van der Waals surface area contributed by atoms with Crippen LogP contribution in [0.3, 0.4) is 0 Å². The molecule has 0 fully saturated rings. The highest BCUT2D eigenvalue weighted by Crippen LogP contribution is 2.21. The molecule has 1 amide bonds. The monoisotopic (exact) mass is 237 g/mol. The smallest absolute Gasteiger partial charge is 0.223 e. The molecule has 0 atom stereocenters. The molecule has 1 aromatic rings. The van der Waals surface area contributed by atoms with Crippen LogP contribution in [0.1, 0.15) is 25.8 Å². The van der Waals surface area contributed by atoms with Gasteiger partial charge in [-0.15, -0.1) is 0 Å². The summed E-state index contributed by atoms with van der Waals surface area (Å²) in [4.78, 5) is 11.3. The van der Waals surface area contributed by atoms with E-state index >= 15 is 0 Å². The molecule has 0 heterocycles. The number of benzene rings is 1. The lowest BCUT2D eigenvalue weighted by molar-refractivity contribution is -0.122. The molecule has 0 radical (unpaired) electrons. The van der Waals surface area contributed by atoms with E-state index in [2.05, 4.69) is 5.32 Å². The standard InChI is InChI=1S/C13H19NO3/c1-9(2)14-13(16)4-5-17-12-7-10(3)6-11(15)8-12/h6-9,15H,4-5H2,1-3H3,(H,14,16). The molecule has 4 heteroatoms. The molecule has 4 nitrogen and oxygen atoms in total. The van der Waals surface area contributed by atoms with Crippen molar-refractivity contribution >= 4 is 5.91 Å². The van der Waals surface area contributed by atoms with Gasteiger partial charge >= 0.3 is 0 Å². The molecular formula is C13H19NO3. The van der Waals surface area contributed by atoms with E-state index in [0.29, 0.717) is 18.8 Å². The Kier molecular flexibility index (Phi) is 4.82. The van der Waals surface area contributed by atoms with Crippen LogP contribution in [0.2, 0.25) is 0 Å². The normalized spacial score (nSPS) is 10.4. The van der Waals surface area contributed by atoms with Crippen LogP contribution in [0.4, 0.5) is 0 Å². The van der Waals surface area contributed by atoms with Crippen molar-refractivity contribution in [3.63, 3.8) is 0 Å². The molecule has 0 aromatic heterocycles. The first kappa shape index (κ1) is 13.4. The molecule has 17 heavy (non-hydrogen) atoms. The fourth-order valence-electron chi connectivity index (χ4n) is 1.47. The lowest BCUT2D eigenvalue weighted by Crippen LogP contribution is -2.31. The summed E-state index contributed by atoms with van der Waals surface area (Å²) in [6, 6.07) is 5.15. The zero-order chi connectivity index (χ0) is 12.8. The Bertz CT molecular complexity index is 368. The summed E-state index contributed by atoms with van der Waals surface area (Å²) in [6.45, 7) is 6.01. The molecular weight excluding hydrogens is 218 g/mol. The second-order valence-electron chi connectivity index (χ2n) is 4.32.